The highest BCUT2D eigenvalue weighted by atomic mass is 35.5. The van der Waals surface area contributed by atoms with Crippen LogP contribution in [0.25, 0.3) is 5.69 Å². The van der Waals surface area contributed by atoms with Gasteiger partial charge in [-0.1, -0.05) is 18.2 Å². The minimum Gasteiger partial charge on any atom is -0.329 e. The van der Waals surface area contributed by atoms with Crippen molar-refractivity contribution in [2.45, 2.75) is 25.4 Å². The quantitative estimate of drug-likeness (QED) is 0.869. The number of rotatable bonds is 6. The summed E-state index contributed by atoms with van der Waals surface area (Å²) in [7, 11) is 2.10. The smallest absolute Gasteiger partial charge is 0.170 e. The van der Waals surface area contributed by atoms with E-state index in [0.29, 0.717) is 19.1 Å². The molecule has 1 saturated carbocycles. The Morgan fingerprint density at radius 1 is 1.33 bits per heavy atom. The fraction of sp³-hybridized carbons (Fsp3) is 0.500. The summed E-state index contributed by atoms with van der Waals surface area (Å²) < 4.78 is 1.79. The average molecular weight is 309 g/mol. The minimum absolute atomic E-state index is 0. The Labute approximate surface area is 130 Å². The van der Waals surface area contributed by atoms with E-state index in [2.05, 4.69) is 27.5 Å². The standard InChI is InChI=1S/C14H20N6.ClH/c1-19(13(9-15)11-7-8-11)10-14-16-17-18-20(14)12-5-3-2-4-6-12;/h2-6,11,13H,7-10,15H2,1H3;1H. The van der Waals surface area contributed by atoms with E-state index in [1.807, 2.05) is 30.3 Å². The maximum Gasteiger partial charge on any atom is 0.170 e. The maximum atomic E-state index is 5.89. The third kappa shape index (κ3) is 3.58. The van der Waals surface area contributed by atoms with Gasteiger partial charge < -0.3 is 5.73 Å². The van der Waals surface area contributed by atoms with Crippen LogP contribution in [0.1, 0.15) is 18.7 Å². The predicted molar refractivity (Wildman–Crippen MR) is 83.4 cm³/mol. The minimum atomic E-state index is 0. The lowest BCUT2D eigenvalue weighted by Crippen LogP contribution is -2.39. The number of hydrogen-bond acceptors (Lipinski definition) is 5. The first-order valence-electron chi connectivity index (χ1n) is 7.02. The molecule has 0 saturated heterocycles. The van der Waals surface area contributed by atoms with Gasteiger partial charge in [-0.05, 0) is 48.4 Å². The van der Waals surface area contributed by atoms with Gasteiger partial charge in [-0.15, -0.1) is 17.5 Å². The molecule has 1 aliphatic rings. The summed E-state index contributed by atoms with van der Waals surface area (Å²) >= 11 is 0. The van der Waals surface area contributed by atoms with E-state index >= 15 is 0 Å². The Morgan fingerprint density at radius 3 is 2.67 bits per heavy atom. The molecule has 1 fully saturated rings. The van der Waals surface area contributed by atoms with Gasteiger partial charge in [0.2, 0.25) is 0 Å². The molecule has 7 heteroatoms. The molecule has 1 atom stereocenters. The van der Waals surface area contributed by atoms with Crippen molar-refractivity contribution in [2.24, 2.45) is 11.7 Å². The van der Waals surface area contributed by atoms with E-state index in [0.717, 1.165) is 17.4 Å². The van der Waals surface area contributed by atoms with Crippen molar-refractivity contribution in [1.82, 2.24) is 25.1 Å². The molecule has 21 heavy (non-hydrogen) atoms. The third-order valence-corrected chi connectivity index (χ3v) is 3.90. The highest BCUT2D eigenvalue weighted by Crippen LogP contribution is 2.34. The van der Waals surface area contributed by atoms with Crippen molar-refractivity contribution in [3.8, 4) is 5.69 Å². The molecule has 0 amide bonds. The Hall–Kier alpha value is -1.50. The molecule has 1 aliphatic carbocycles. The number of aromatic nitrogens is 4. The van der Waals surface area contributed by atoms with Crippen molar-refractivity contribution in [3.05, 3.63) is 36.2 Å². The summed E-state index contributed by atoms with van der Waals surface area (Å²) in [6, 6.07) is 10.4. The van der Waals surface area contributed by atoms with E-state index < -0.39 is 0 Å². The maximum absolute atomic E-state index is 5.89. The van der Waals surface area contributed by atoms with Crippen molar-refractivity contribution >= 4 is 12.4 Å². The summed E-state index contributed by atoms with van der Waals surface area (Å²) in [6.45, 7) is 1.40. The summed E-state index contributed by atoms with van der Waals surface area (Å²) in [6.07, 6.45) is 2.58. The van der Waals surface area contributed by atoms with Crippen LogP contribution in [0.4, 0.5) is 0 Å². The Bertz CT molecular complexity index is 554. The Balaban J connectivity index is 0.00000161. The largest absolute Gasteiger partial charge is 0.329 e. The second-order valence-corrected chi connectivity index (χ2v) is 5.40. The van der Waals surface area contributed by atoms with Gasteiger partial charge in [0.15, 0.2) is 5.82 Å². The molecular formula is C14H21ClN6. The molecule has 0 bridgehead atoms. The van der Waals surface area contributed by atoms with Gasteiger partial charge in [0.1, 0.15) is 0 Å². The molecule has 0 radical (unpaired) electrons. The fourth-order valence-electron chi connectivity index (χ4n) is 2.63. The average Bonchev–Trinajstić information content (AvgIpc) is 3.19. The molecule has 114 valence electrons. The lowest BCUT2D eigenvalue weighted by molar-refractivity contribution is 0.209. The molecular weight excluding hydrogens is 288 g/mol. The zero-order valence-corrected chi connectivity index (χ0v) is 12.9. The molecule has 0 aliphatic heterocycles. The fourth-order valence-corrected chi connectivity index (χ4v) is 2.63. The molecule has 3 rings (SSSR count). The molecule has 2 N–H and O–H groups in total. The number of para-hydroxylation sites is 1. The predicted octanol–water partition coefficient (Wildman–Crippen LogP) is 1.25. The van der Waals surface area contributed by atoms with E-state index in [4.69, 9.17) is 5.73 Å². The van der Waals surface area contributed by atoms with Crippen molar-refractivity contribution in [1.29, 1.82) is 0 Å². The zero-order chi connectivity index (χ0) is 13.9. The molecule has 1 aromatic carbocycles. The number of likely N-dealkylation sites (N-methyl/N-ethyl adjacent to an activating group) is 1. The van der Waals surface area contributed by atoms with Gasteiger partial charge in [-0.2, -0.15) is 4.68 Å². The summed E-state index contributed by atoms with van der Waals surface area (Å²) in [5.41, 5.74) is 6.88. The van der Waals surface area contributed by atoms with Gasteiger partial charge in [0.05, 0.1) is 12.2 Å². The van der Waals surface area contributed by atoms with Crippen LogP contribution < -0.4 is 5.73 Å². The van der Waals surface area contributed by atoms with Crippen molar-refractivity contribution in [3.63, 3.8) is 0 Å². The molecule has 2 aromatic rings. The monoisotopic (exact) mass is 308 g/mol. The molecule has 1 heterocycles. The zero-order valence-electron chi connectivity index (χ0n) is 12.1. The SMILES string of the molecule is CN(Cc1nnnn1-c1ccccc1)C(CN)C1CC1.Cl. The molecule has 0 spiro atoms. The van der Waals surface area contributed by atoms with Gasteiger partial charge in [-0.3, -0.25) is 4.90 Å². The number of halogens is 1. The van der Waals surface area contributed by atoms with Crippen LogP contribution in [0.2, 0.25) is 0 Å². The van der Waals surface area contributed by atoms with Gasteiger partial charge in [-0.25, -0.2) is 0 Å². The van der Waals surface area contributed by atoms with Gasteiger partial charge in [0, 0.05) is 12.6 Å². The van der Waals surface area contributed by atoms with E-state index in [9.17, 15) is 0 Å². The van der Waals surface area contributed by atoms with E-state index in [-0.39, 0.29) is 12.4 Å². The highest BCUT2D eigenvalue weighted by Gasteiger charge is 2.33. The number of hydrogen-bond donors (Lipinski definition) is 1. The van der Waals surface area contributed by atoms with Crippen LogP contribution in [0.3, 0.4) is 0 Å². The first-order chi connectivity index (χ1) is 9.79. The second-order valence-electron chi connectivity index (χ2n) is 5.40. The van der Waals surface area contributed by atoms with E-state index in [1.54, 1.807) is 4.68 Å². The van der Waals surface area contributed by atoms with Crippen molar-refractivity contribution < 1.29 is 0 Å². The normalized spacial score (nSPS) is 15.8. The Kier molecular flexibility index (Phi) is 5.27. The first kappa shape index (κ1) is 15.9. The lowest BCUT2D eigenvalue weighted by Gasteiger charge is -2.26. The second kappa shape index (κ2) is 6.98. The van der Waals surface area contributed by atoms with Crippen LogP contribution in [-0.4, -0.2) is 44.7 Å². The summed E-state index contributed by atoms with van der Waals surface area (Å²) in [5, 5.41) is 12.0. The van der Waals surface area contributed by atoms with Crippen LogP contribution in [-0.2, 0) is 6.54 Å². The third-order valence-electron chi connectivity index (χ3n) is 3.90. The van der Waals surface area contributed by atoms with Gasteiger partial charge >= 0.3 is 0 Å². The topological polar surface area (TPSA) is 72.9 Å². The van der Waals surface area contributed by atoms with Crippen molar-refractivity contribution in [2.75, 3.05) is 13.6 Å². The van der Waals surface area contributed by atoms with Crippen LogP contribution in [0.5, 0.6) is 0 Å². The van der Waals surface area contributed by atoms with Gasteiger partial charge in [0.25, 0.3) is 0 Å². The van der Waals surface area contributed by atoms with Crippen LogP contribution in [0.15, 0.2) is 30.3 Å². The molecule has 1 aromatic heterocycles. The highest BCUT2D eigenvalue weighted by molar-refractivity contribution is 5.85. The Morgan fingerprint density at radius 2 is 2.05 bits per heavy atom. The first-order valence-corrected chi connectivity index (χ1v) is 7.02. The molecule has 6 nitrogen and oxygen atoms in total. The number of nitrogens with two attached hydrogens (primary N) is 1. The lowest BCUT2D eigenvalue weighted by atomic mass is 10.1. The number of nitrogens with zero attached hydrogens (tertiary/aromatic N) is 5. The van der Waals surface area contributed by atoms with Crippen LogP contribution >= 0.6 is 12.4 Å². The number of tetrazole rings is 1. The number of benzene rings is 1. The van der Waals surface area contributed by atoms with Crippen LogP contribution in [0, 0.1) is 5.92 Å². The summed E-state index contributed by atoms with van der Waals surface area (Å²) in [4.78, 5) is 2.27. The summed E-state index contributed by atoms with van der Waals surface area (Å²) in [5.74, 6) is 1.59. The van der Waals surface area contributed by atoms with E-state index in [1.165, 1.54) is 12.8 Å². The molecule has 1 unspecified atom stereocenters.